The maximum absolute atomic E-state index is 12.3. The number of halogens is 2. The average Bonchev–Trinajstić information content (AvgIpc) is 2.88. The minimum Gasteiger partial charge on any atom is -0.490 e. The van der Waals surface area contributed by atoms with Crippen LogP contribution in [-0.4, -0.2) is 37.4 Å². The highest BCUT2D eigenvalue weighted by Crippen LogP contribution is 2.37. The van der Waals surface area contributed by atoms with Gasteiger partial charge in [0.05, 0.1) is 23.9 Å². The van der Waals surface area contributed by atoms with Crippen LogP contribution in [0.15, 0.2) is 52.0 Å². The lowest BCUT2D eigenvalue weighted by Gasteiger charge is -2.14. The molecule has 2 aromatic carbocycles. The predicted molar refractivity (Wildman–Crippen MR) is 147 cm³/mol. The molecule has 0 saturated carbocycles. The molecule has 0 aliphatic carbocycles. The standard InChI is InChI=1S/C27H26BrClN4O5/c1-4-36-24-11-19(10-23(28)26(24)37-14-18-5-7-21(29)8-6-18)13-31-33-25(34)16-38-27-22(12-30)20(15-35-3)9-17(2)32-27/h5-11,13H,4,14-16H2,1-3H3,(H,33,34)/b31-13+. The molecular weight excluding hydrogens is 576 g/mol. The fourth-order valence-electron chi connectivity index (χ4n) is 3.35. The smallest absolute Gasteiger partial charge is 0.278 e. The molecule has 0 fully saturated rings. The van der Waals surface area contributed by atoms with Gasteiger partial charge in [0.2, 0.25) is 5.88 Å². The van der Waals surface area contributed by atoms with Crippen LogP contribution in [0.1, 0.15) is 34.9 Å². The van der Waals surface area contributed by atoms with Crippen LogP contribution in [0.3, 0.4) is 0 Å². The summed E-state index contributed by atoms with van der Waals surface area (Å²) in [6.45, 7) is 4.25. The van der Waals surface area contributed by atoms with Gasteiger partial charge >= 0.3 is 0 Å². The molecule has 1 amide bonds. The number of rotatable bonds is 12. The van der Waals surface area contributed by atoms with Crippen molar-refractivity contribution in [3.05, 3.63) is 79.9 Å². The second-order valence-corrected chi connectivity index (χ2v) is 9.20. The molecule has 1 N–H and O–H groups in total. The van der Waals surface area contributed by atoms with Crippen LogP contribution in [0.4, 0.5) is 0 Å². The molecule has 198 valence electrons. The van der Waals surface area contributed by atoms with Crippen molar-refractivity contribution in [1.29, 1.82) is 5.26 Å². The molecule has 3 aromatic rings. The van der Waals surface area contributed by atoms with E-state index in [1.54, 1.807) is 37.3 Å². The van der Waals surface area contributed by atoms with Crippen molar-refractivity contribution in [2.45, 2.75) is 27.1 Å². The summed E-state index contributed by atoms with van der Waals surface area (Å²) in [5, 5.41) is 14.1. The van der Waals surface area contributed by atoms with E-state index in [0.717, 1.165) is 5.56 Å². The molecule has 0 aliphatic rings. The highest BCUT2D eigenvalue weighted by molar-refractivity contribution is 9.10. The lowest BCUT2D eigenvalue weighted by Crippen LogP contribution is -2.25. The predicted octanol–water partition coefficient (Wildman–Crippen LogP) is 5.33. The summed E-state index contributed by atoms with van der Waals surface area (Å²) in [7, 11) is 1.53. The number of aromatic nitrogens is 1. The Kier molecular flexibility index (Phi) is 10.9. The van der Waals surface area contributed by atoms with E-state index in [0.29, 0.717) is 51.0 Å². The second-order valence-electron chi connectivity index (χ2n) is 7.91. The topological polar surface area (TPSA) is 115 Å². The molecule has 9 nitrogen and oxygen atoms in total. The number of nitrogens with zero attached hydrogens (tertiary/aromatic N) is 3. The van der Waals surface area contributed by atoms with Crippen LogP contribution < -0.4 is 19.6 Å². The van der Waals surface area contributed by atoms with Crippen LogP contribution in [-0.2, 0) is 22.7 Å². The lowest BCUT2D eigenvalue weighted by molar-refractivity contribution is -0.123. The number of hydrogen-bond donors (Lipinski definition) is 1. The number of benzene rings is 2. The van der Waals surface area contributed by atoms with Crippen molar-refractivity contribution in [1.82, 2.24) is 10.4 Å². The third kappa shape index (κ3) is 8.18. The van der Waals surface area contributed by atoms with E-state index < -0.39 is 5.91 Å². The molecule has 0 bridgehead atoms. The molecule has 3 rings (SSSR count). The Morgan fingerprint density at radius 1 is 1.18 bits per heavy atom. The normalized spacial score (nSPS) is 10.7. The maximum atomic E-state index is 12.3. The SMILES string of the molecule is CCOc1cc(/C=N/NC(=O)COc2nc(C)cc(COC)c2C#N)cc(Br)c1OCc1ccc(Cl)cc1. The van der Waals surface area contributed by atoms with E-state index >= 15 is 0 Å². The van der Waals surface area contributed by atoms with Crippen molar-refractivity contribution >= 4 is 39.7 Å². The van der Waals surface area contributed by atoms with Gasteiger partial charge in [-0.1, -0.05) is 23.7 Å². The summed E-state index contributed by atoms with van der Waals surface area (Å²) in [6, 6.07) is 14.7. The number of methoxy groups -OCH3 is 1. The quantitative estimate of drug-likeness (QED) is 0.220. The first-order valence-electron chi connectivity index (χ1n) is 11.5. The van der Waals surface area contributed by atoms with Crippen LogP contribution in [0.25, 0.3) is 0 Å². The van der Waals surface area contributed by atoms with Crippen molar-refractivity contribution in [2.24, 2.45) is 5.10 Å². The van der Waals surface area contributed by atoms with Crippen LogP contribution in [0.5, 0.6) is 17.4 Å². The zero-order chi connectivity index (χ0) is 27.5. The number of hydrazone groups is 1. The van der Waals surface area contributed by atoms with Gasteiger partial charge in [-0.25, -0.2) is 10.4 Å². The van der Waals surface area contributed by atoms with E-state index in [1.807, 2.05) is 25.1 Å². The summed E-state index contributed by atoms with van der Waals surface area (Å²) in [4.78, 5) is 16.5. The van der Waals surface area contributed by atoms with Gasteiger partial charge in [0.1, 0.15) is 18.2 Å². The third-order valence-corrected chi connectivity index (χ3v) is 5.82. The minimum atomic E-state index is -0.520. The van der Waals surface area contributed by atoms with E-state index in [-0.39, 0.29) is 24.7 Å². The first kappa shape index (κ1) is 28.9. The van der Waals surface area contributed by atoms with E-state index in [4.69, 9.17) is 30.5 Å². The Morgan fingerprint density at radius 2 is 1.95 bits per heavy atom. The monoisotopic (exact) mass is 600 g/mol. The summed E-state index contributed by atoms with van der Waals surface area (Å²) in [6.07, 6.45) is 1.47. The van der Waals surface area contributed by atoms with E-state index in [1.165, 1.54) is 13.3 Å². The van der Waals surface area contributed by atoms with Gasteiger partial charge in [0, 0.05) is 23.4 Å². The Morgan fingerprint density at radius 3 is 2.63 bits per heavy atom. The van der Waals surface area contributed by atoms with Crippen molar-refractivity contribution in [2.75, 3.05) is 20.3 Å². The molecule has 1 aromatic heterocycles. The summed E-state index contributed by atoms with van der Waals surface area (Å²) in [5.74, 6) is 0.614. The number of pyridine rings is 1. The number of carbonyl (C=O) groups excluding carboxylic acids is 1. The number of amides is 1. The van der Waals surface area contributed by atoms with Gasteiger partial charge in [-0.15, -0.1) is 0 Å². The van der Waals surface area contributed by atoms with Crippen LogP contribution in [0.2, 0.25) is 5.02 Å². The first-order valence-corrected chi connectivity index (χ1v) is 12.7. The van der Waals surface area contributed by atoms with Crippen molar-refractivity contribution in [3.63, 3.8) is 0 Å². The molecule has 0 radical (unpaired) electrons. The summed E-state index contributed by atoms with van der Waals surface area (Å²) >= 11 is 9.47. The van der Waals surface area contributed by atoms with Gasteiger partial charge in [-0.3, -0.25) is 4.79 Å². The van der Waals surface area contributed by atoms with Crippen LogP contribution >= 0.6 is 27.5 Å². The second kappa shape index (κ2) is 14.3. The molecule has 0 atom stereocenters. The zero-order valence-electron chi connectivity index (χ0n) is 21.1. The highest BCUT2D eigenvalue weighted by Gasteiger charge is 2.15. The van der Waals surface area contributed by atoms with Crippen molar-refractivity contribution in [3.8, 4) is 23.4 Å². The number of nitriles is 1. The Labute approximate surface area is 234 Å². The molecule has 11 heteroatoms. The maximum Gasteiger partial charge on any atom is 0.278 e. The third-order valence-electron chi connectivity index (χ3n) is 4.98. The highest BCUT2D eigenvalue weighted by atomic mass is 79.9. The van der Waals surface area contributed by atoms with Gasteiger partial charge < -0.3 is 18.9 Å². The molecule has 0 unspecified atom stereocenters. The molecule has 1 heterocycles. The Bertz CT molecular complexity index is 1340. The van der Waals surface area contributed by atoms with Crippen LogP contribution in [0, 0.1) is 18.3 Å². The number of hydrogen-bond acceptors (Lipinski definition) is 8. The summed E-state index contributed by atoms with van der Waals surface area (Å²) < 4.78 is 23.0. The number of carbonyl (C=O) groups is 1. The fourth-order valence-corrected chi connectivity index (χ4v) is 4.05. The number of aryl methyl sites for hydroxylation is 1. The Balaban J connectivity index is 1.63. The molecular formula is C27H26BrClN4O5. The van der Waals surface area contributed by atoms with Gasteiger partial charge in [-0.2, -0.15) is 10.4 Å². The van der Waals surface area contributed by atoms with Gasteiger partial charge in [-0.05, 0) is 71.2 Å². The van der Waals surface area contributed by atoms with Gasteiger partial charge in [0.25, 0.3) is 5.91 Å². The zero-order valence-corrected chi connectivity index (χ0v) is 23.4. The summed E-state index contributed by atoms with van der Waals surface area (Å²) in [5.41, 5.74) is 5.52. The van der Waals surface area contributed by atoms with E-state index in [9.17, 15) is 10.1 Å². The first-order chi connectivity index (χ1) is 18.3. The largest absolute Gasteiger partial charge is 0.490 e. The van der Waals surface area contributed by atoms with Crippen molar-refractivity contribution < 1.29 is 23.7 Å². The van der Waals surface area contributed by atoms with E-state index in [2.05, 4.69) is 31.4 Å². The lowest BCUT2D eigenvalue weighted by atomic mass is 10.1. The molecule has 0 saturated heterocycles. The fraction of sp³-hybridized carbons (Fsp3) is 0.259. The van der Waals surface area contributed by atoms with Gasteiger partial charge in [0.15, 0.2) is 18.1 Å². The Hall–Kier alpha value is -3.65. The minimum absolute atomic E-state index is 0.0677. The number of nitrogens with one attached hydrogen (secondary N) is 1. The molecule has 0 spiro atoms. The number of ether oxygens (including phenoxy) is 4. The molecule has 0 aliphatic heterocycles. The molecule has 38 heavy (non-hydrogen) atoms. The average molecular weight is 602 g/mol.